The molecule has 11 rings (SSSR count). The van der Waals surface area contributed by atoms with Crippen LogP contribution in [0.5, 0.6) is 5.88 Å². The SMILES string of the molecule is COc1ncc(-c2ccnc(N3CCn4c(cc5c4CC(C)(C)C5)C3=O)c2C(C)(C)O)cc1Nc1ccc(N2CCN(C3CCN(c4ccc5c(c4)CN([C@H]4CCC(=O)NC4=O)C5=O)CC3)C[C@@H]2C)cn1. The Labute approximate surface area is 414 Å². The number of methoxy groups -OCH3 is 1. The summed E-state index contributed by atoms with van der Waals surface area (Å²) < 4.78 is 7.90. The van der Waals surface area contributed by atoms with E-state index in [4.69, 9.17) is 14.7 Å². The van der Waals surface area contributed by atoms with Crippen molar-refractivity contribution in [3.8, 4) is 17.0 Å². The lowest BCUT2D eigenvalue weighted by molar-refractivity contribution is -0.136. The van der Waals surface area contributed by atoms with Crippen molar-refractivity contribution in [2.45, 2.75) is 110 Å². The lowest BCUT2D eigenvalue weighted by atomic mass is 9.89. The number of fused-ring (bicyclic) bond motifs is 4. The fourth-order valence-electron chi connectivity index (χ4n) is 12.2. The molecule has 5 aliphatic heterocycles. The molecular formula is C54H63N11O6. The molecule has 0 radical (unpaired) electrons. The zero-order valence-electron chi connectivity index (χ0n) is 41.5. The Balaban J connectivity index is 0.729. The van der Waals surface area contributed by atoms with Gasteiger partial charge in [0.25, 0.3) is 11.8 Å². The fraction of sp³-hybridized carbons (Fsp3) is 0.463. The lowest BCUT2D eigenvalue weighted by Crippen LogP contribution is -2.57. The molecule has 4 aromatic heterocycles. The normalized spacial score (nSPS) is 21.6. The number of aliphatic hydroxyl groups is 1. The first-order chi connectivity index (χ1) is 34.0. The van der Waals surface area contributed by atoms with Crippen molar-refractivity contribution in [1.29, 1.82) is 0 Å². The van der Waals surface area contributed by atoms with E-state index < -0.39 is 17.6 Å². The Hall–Kier alpha value is -6.85. The van der Waals surface area contributed by atoms with E-state index in [1.807, 2.05) is 36.5 Å². The molecule has 0 bridgehead atoms. The summed E-state index contributed by atoms with van der Waals surface area (Å²) in [6.45, 7) is 16.4. The molecule has 3 fully saturated rings. The Kier molecular flexibility index (Phi) is 11.6. The minimum Gasteiger partial charge on any atom is -0.480 e. The highest BCUT2D eigenvalue weighted by Crippen LogP contribution is 2.43. The Morgan fingerprint density at radius 1 is 0.817 bits per heavy atom. The van der Waals surface area contributed by atoms with Crippen LogP contribution in [0.3, 0.4) is 0 Å². The van der Waals surface area contributed by atoms with Crippen molar-refractivity contribution < 1.29 is 29.0 Å². The second-order valence-electron chi connectivity index (χ2n) is 21.5. The van der Waals surface area contributed by atoms with E-state index in [1.165, 1.54) is 11.3 Å². The highest BCUT2D eigenvalue weighted by molar-refractivity contribution is 6.07. The standard InChI is InChI=1S/C54H63N11O6/c1-32-30-61(36-14-17-60(18-15-36)37-7-9-40-35(23-37)31-65(51(40)68)42-10-12-46(66)59-49(42)67)19-20-62(32)38-8-11-45(56-29-38)58-41-24-34(28-57-50(41)71-6)39-13-16-55-48(47(39)54(4,5)70)64-22-21-63-43(52(64)69)25-33-26-53(2,3)27-44(33)63/h7-9,11,13,16,23-25,28-29,32,36,42,70H,10,12,14-15,17-22,26-27,30-31H2,1-6H3,(H,56,58)(H,59,66,67)/t32-,42-/m0/s1. The van der Waals surface area contributed by atoms with Crippen molar-refractivity contribution >= 4 is 52.3 Å². The van der Waals surface area contributed by atoms with Crippen LogP contribution in [0.4, 0.5) is 28.7 Å². The van der Waals surface area contributed by atoms with Crippen molar-refractivity contribution in [3.05, 3.63) is 101 Å². The Morgan fingerprint density at radius 2 is 1.62 bits per heavy atom. The summed E-state index contributed by atoms with van der Waals surface area (Å²) in [6, 6.07) is 16.1. The van der Waals surface area contributed by atoms with E-state index in [9.17, 15) is 24.3 Å². The number of rotatable bonds is 10. The van der Waals surface area contributed by atoms with Crippen LogP contribution in [0.25, 0.3) is 11.1 Å². The van der Waals surface area contributed by atoms with E-state index in [0.29, 0.717) is 77.7 Å². The van der Waals surface area contributed by atoms with Crippen molar-refractivity contribution in [3.63, 3.8) is 0 Å². The van der Waals surface area contributed by atoms with Crippen LogP contribution in [0.2, 0.25) is 0 Å². The molecule has 0 saturated carbocycles. The minimum absolute atomic E-state index is 0.116. The molecule has 17 heteroatoms. The molecule has 1 aromatic carbocycles. The molecule has 0 spiro atoms. The van der Waals surface area contributed by atoms with Gasteiger partial charge in [-0.2, -0.15) is 0 Å². The predicted molar refractivity (Wildman–Crippen MR) is 270 cm³/mol. The van der Waals surface area contributed by atoms with E-state index in [1.54, 1.807) is 43.2 Å². The van der Waals surface area contributed by atoms with Gasteiger partial charge in [0.15, 0.2) is 0 Å². The smallest absolute Gasteiger partial charge is 0.276 e. The summed E-state index contributed by atoms with van der Waals surface area (Å²) in [5.74, 6) is 0.513. The average molecular weight is 962 g/mol. The number of anilines is 5. The molecule has 5 aromatic rings. The van der Waals surface area contributed by atoms with Gasteiger partial charge in [0.05, 0.1) is 24.6 Å². The summed E-state index contributed by atoms with van der Waals surface area (Å²) in [6.07, 6.45) is 9.89. The van der Waals surface area contributed by atoms with Crippen LogP contribution in [0.1, 0.15) is 104 Å². The number of carbonyl (C=O) groups is 4. The summed E-state index contributed by atoms with van der Waals surface area (Å²) in [7, 11) is 1.58. The molecule has 3 saturated heterocycles. The number of nitrogens with zero attached hydrogens (tertiary/aromatic N) is 9. The highest BCUT2D eigenvalue weighted by atomic mass is 16.5. The number of nitrogens with one attached hydrogen (secondary N) is 2. The summed E-state index contributed by atoms with van der Waals surface area (Å²) >= 11 is 0. The third-order valence-electron chi connectivity index (χ3n) is 15.6. The molecular weight excluding hydrogens is 899 g/mol. The van der Waals surface area contributed by atoms with Crippen LogP contribution in [-0.2, 0) is 41.1 Å². The van der Waals surface area contributed by atoms with Gasteiger partial charge in [-0.05, 0) is 124 Å². The number of amides is 4. The number of ether oxygens (including phenoxy) is 1. The van der Waals surface area contributed by atoms with Gasteiger partial charge in [-0.3, -0.25) is 34.3 Å². The molecule has 4 amide bonds. The number of piperidine rings is 2. The van der Waals surface area contributed by atoms with Gasteiger partial charge in [0, 0.05) is 111 Å². The second kappa shape index (κ2) is 17.8. The fourth-order valence-corrected chi connectivity index (χ4v) is 12.2. The van der Waals surface area contributed by atoms with E-state index >= 15 is 0 Å². The lowest BCUT2D eigenvalue weighted by Gasteiger charge is -2.46. The van der Waals surface area contributed by atoms with Crippen molar-refractivity contribution in [2.75, 3.05) is 66.4 Å². The largest absolute Gasteiger partial charge is 0.480 e. The van der Waals surface area contributed by atoms with Gasteiger partial charge in [-0.1, -0.05) is 13.8 Å². The molecule has 0 unspecified atom stereocenters. The van der Waals surface area contributed by atoms with Gasteiger partial charge in [-0.25, -0.2) is 15.0 Å². The summed E-state index contributed by atoms with van der Waals surface area (Å²) in [5, 5.41) is 17.6. The maximum atomic E-state index is 14.2. The number of piperazine rings is 1. The molecule has 370 valence electrons. The van der Waals surface area contributed by atoms with Gasteiger partial charge >= 0.3 is 0 Å². The zero-order chi connectivity index (χ0) is 49.5. The first-order valence-electron chi connectivity index (χ1n) is 25.1. The van der Waals surface area contributed by atoms with Crippen LogP contribution in [-0.4, -0.2) is 123 Å². The van der Waals surface area contributed by atoms with E-state index in [-0.39, 0.29) is 35.6 Å². The number of imide groups is 1. The predicted octanol–water partition coefficient (Wildman–Crippen LogP) is 6.05. The maximum Gasteiger partial charge on any atom is 0.276 e. The molecule has 9 heterocycles. The van der Waals surface area contributed by atoms with Crippen LogP contribution in [0, 0.1) is 5.41 Å². The number of carbonyl (C=O) groups excluding carboxylic acids is 4. The quantitative estimate of drug-likeness (QED) is 0.138. The summed E-state index contributed by atoms with van der Waals surface area (Å²) in [4.78, 5) is 76.8. The third kappa shape index (κ3) is 8.55. The van der Waals surface area contributed by atoms with E-state index in [2.05, 4.69) is 73.9 Å². The third-order valence-corrected chi connectivity index (χ3v) is 15.6. The topological polar surface area (TPSA) is 182 Å². The number of aromatic nitrogens is 4. The van der Waals surface area contributed by atoms with Gasteiger partial charge < -0.3 is 34.4 Å². The minimum atomic E-state index is -1.35. The Morgan fingerprint density at radius 3 is 2.35 bits per heavy atom. The number of hydrogen-bond donors (Lipinski definition) is 3. The molecule has 6 aliphatic rings. The second-order valence-corrected chi connectivity index (χ2v) is 21.5. The zero-order valence-corrected chi connectivity index (χ0v) is 41.5. The van der Waals surface area contributed by atoms with Crippen LogP contribution >= 0.6 is 0 Å². The van der Waals surface area contributed by atoms with Crippen molar-refractivity contribution in [2.24, 2.45) is 5.41 Å². The van der Waals surface area contributed by atoms with Gasteiger partial charge in [0.1, 0.15) is 29.1 Å². The van der Waals surface area contributed by atoms with E-state index in [0.717, 1.165) is 80.9 Å². The first kappa shape index (κ1) is 46.5. The molecule has 2 atom stereocenters. The van der Waals surface area contributed by atoms with Crippen molar-refractivity contribution in [1.82, 2.24) is 34.6 Å². The monoisotopic (exact) mass is 961 g/mol. The summed E-state index contributed by atoms with van der Waals surface area (Å²) in [5.41, 5.74) is 8.30. The molecule has 71 heavy (non-hydrogen) atoms. The number of pyridine rings is 3. The average Bonchev–Trinajstić information content (AvgIpc) is 3.97. The van der Waals surface area contributed by atoms with Crippen LogP contribution in [0.15, 0.2) is 67.1 Å². The molecule has 3 N–H and O–H groups in total. The molecule has 1 aliphatic carbocycles. The first-order valence-corrected chi connectivity index (χ1v) is 25.1. The van der Waals surface area contributed by atoms with Gasteiger partial charge in [-0.15, -0.1) is 0 Å². The number of hydrogen-bond acceptors (Lipinski definition) is 13. The van der Waals surface area contributed by atoms with Crippen LogP contribution < -0.4 is 30.1 Å². The molecule has 17 nitrogen and oxygen atoms in total. The van der Waals surface area contributed by atoms with Gasteiger partial charge in [0.2, 0.25) is 17.7 Å². The Bertz CT molecular complexity index is 2950. The number of benzene rings is 1. The maximum absolute atomic E-state index is 14.2. The highest BCUT2D eigenvalue weighted by Gasteiger charge is 2.41.